The molecule has 0 radical (unpaired) electrons. The van der Waals surface area contributed by atoms with E-state index in [9.17, 15) is 18.0 Å². The molecule has 1 amide bonds. The minimum atomic E-state index is -4.52. The van der Waals surface area contributed by atoms with Crippen LogP contribution in [0.1, 0.15) is 31.5 Å². The molecule has 24 heavy (non-hydrogen) atoms. The first-order valence-electron chi connectivity index (χ1n) is 7.98. The highest BCUT2D eigenvalue weighted by Gasteiger charge is 2.49. The number of carbonyl (C=O) groups is 1. The van der Waals surface area contributed by atoms with Crippen LogP contribution in [-0.2, 0) is 11.0 Å². The summed E-state index contributed by atoms with van der Waals surface area (Å²) < 4.78 is 38.0. The van der Waals surface area contributed by atoms with Crippen LogP contribution >= 0.6 is 0 Å². The van der Waals surface area contributed by atoms with Crippen LogP contribution in [0.2, 0.25) is 0 Å². The van der Waals surface area contributed by atoms with Crippen molar-refractivity contribution in [2.75, 3.05) is 18.4 Å². The molecule has 5 nitrogen and oxygen atoms in total. The number of alkyl halides is 3. The number of hydrogen-bond acceptors (Lipinski definition) is 3. The number of nitrogens with one attached hydrogen (secondary N) is 2. The van der Waals surface area contributed by atoms with E-state index in [4.69, 9.17) is 0 Å². The molecule has 2 aliphatic rings. The second-order valence-electron chi connectivity index (χ2n) is 6.61. The molecule has 0 bridgehead atoms. The molecular weight excluding hydrogens is 321 g/mol. The number of benzene rings is 1. The first kappa shape index (κ1) is 15.4. The molecule has 4 rings (SSSR count). The van der Waals surface area contributed by atoms with E-state index in [1.165, 1.54) is 18.6 Å². The van der Waals surface area contributed by atoms with Gasteiger partial charge in [-0.1, -0.05) is 0 Å². The average molecular weight is 338 g/mol. The number of nitrogens with zero attached hydrogens (tertiary/aromatic N) is 2. The molecule has 2 N–H and O–H groups in total. The Labute approximate surface area is 136 Å². The van der Waals surface area contributed by atoms with Gasteiger partial charge in [0.2, 0.25) is 11.7 Å². The summed E-state index contributed by atoms with van der Waals surface area (Å²) in [6.45, 7) is 1.26. The summed E-state index contributed by atoms with van der Waals surface area (Å²) in [5.74, 6) is -1.18. The summed E-state index contributed by atoms with van der Waals surface area (Å²) in [4.78, 5) is 20.1. The fraction of sp³-hybridized carbons (Fsp3) is 0.500. The van der Waals surface area contributed by atoms with Crippen molar-refractivity contribution < 1.29 is 18.0 Å². The summed E-state index contributed by atoms with van der Waals surface area (Å²) in [7, 11) is 0. The van der Waals surface area contributed by atoms with E-state index in [0.29, 0.717) is 12.2 Å². The maximum absolute atomic E-state index is 12.7. The van der Waals surface area contributed by atoms with Crippen molar-refractivity contribution in [3.05, 3.63) is 24.0 Å². The van der Waals surface area contributed by atoms with Crippen LogP contribution in [0, 0.1) is 0 Å². The number of halogens is 3. The lowest BCUT2D eigenvalue weighted by Crippen LogP contribution is -2.65. The lowest BCUT2D eigenvalue weighted by Gasteiger charge is -2.58. The number of fused-ring (bicyclic) bond motifs is 1. The number of aromatic amines is 1. The SMILES string of the molecule is O=C(CN1CCC12CCC2)Nc1ccc2nc(C(F)(F)F)[nH]c2c1. The number of likely N-dealkylation sites (tertiary alicyclic amines) is 1. The molecule has 0 atom stereocenters. The number of anilines is 1. The fourth-order valence-corrected chi connectivity index (χ4v) is 3.58. The van der Waals surface area contributed by atoms with Gasteiger partial charge in [-0.15, -0.1) is 0 Å². The lowest BCUT2D eigenvalue weighted by atomic mass is 9.68. The van der Waals surface area contributed by atoms with Gasteiger partial charge >= 0.3 is 6.18 Å². The van der Waals surface area contributed by atoms with Crippen molar-refractivity contribution in [2.24, 2.45) is 0 Å². The quantitative estimate of drug-likeness (QED) is 0.904. The molecule has 2 aromatic rings. The van der Waals surface area contributed by atoms with Gasteiger partial charge in [-0.05, 0) is 43.9 Å². The highest BCUT2D eigenvalue weighted by molar-refractivity contribution is 5.94. The van der Waals surface area contributed by atoms with Crippen molar-refractivity contribution in [3.8, 4) is 0 Å². The number of aromatic nitrogens is 2. The molecule has 2 fully saturated rings. The first-order valence-corrected chi connectivity index (χ1v) is 7.98. The van der Waals surface area contributed by atoms with E-state index in [1.54, 1.807) is 6.07 Å². The number of hydrogen-bond donors (Lipinski definition) is 2. The van der Waals surface area contributed by atoms with Gasteiger partial charge in [0.1, 0.15) is 0 Å². The van der Waals surface area contributed by atoms with Crippen LogP contribution < -0.4 is 5.32 Å². The minimum Gasteiger partial charge on any atom is -0.334 e. The highest BCUT2D eigenvalue weighted by atomic mass is 19.4. The maximum Gasteiger partial charge on any atom is 0.449 e. The van der Waals surface area contributed by atoms with Crippen molar-refractivity contribution >= 4 is 22.6 Å². The van der Waals surface area contributed by atoms with Gasteiger partial charge in [-0.25, -0.2) is 4.98 Å². The predicted octanol–water partition coefficient (Wildman–Crippen LogP) is 3.15. The molecule has 2 heterocycles. The molecule has 1 aromatic carbocycles. The Hall–Kier alpha value is -2.09. The normalized spacial score (nSPS) is 20.0. The maximum atomic E-state index is 12.7. The van der Waals surface area contributed by atoms with Crippen molar-refractivity contribution in [2.45, 2.75) is 37.4 Å². The minimum absolute atomic E-state index is 0.143. The predicted molar refractivity (Wildman–Crippen MR) is 82.5 cm³/mol. The average Bonchev–Trinajstić information content (AvgIpc) is 2.85. The number of H-pyrrole nitrogens is 1. The van der Waals surface area contributed by atoms with Crippen LogP contribution in [0.3, 0.4) is 0 Å². The van der Waals surface area contributed by atoms with Gasteiger partial charge in [-0.2, -0.15) is 13.2 Å². The molecule has 1 aromatic heterocycles. The van der Waals surface area contributed by atoms with E-state index in [2.05, 4.69) is 20.2 Å². The van der Waals surface area contributed by atoms with Crippen molar-refractivity contribution in [1.82, 2.24) is 14.9 Å². The molecule has 1 spiro atoms. The van der Waals surface area contributed by atoms with Crippen LogP contribution in [0.4, 0.5) is 18.9 Å². The van der Waals surface area contributed by atoms with Crippen molar-refractivity contribution in [1.29, 1.82) is 0 Å². The molecule has 1 aliphatic heterocycles. The molecule has 1 saturated heterocycles. The number of amides is 1. The van der Waals surface area contributed by atoms with Crippen LogP contribution in [0.15, 0.2) is 18.2 Å². The highest BCUT2D eigenvalue weighted by Crippen LogP contribution is 2.46. The molecule has 128 valence electrons. The van der Waals surface area contributed by atoms with E-state index in [-0.39, 0.29) is 22.5 Å². The van der Waals surface area contributed by atoms with Crippen LogP contribution in [-0.4, -0.2) is 39.4 Å². The fourth-order valence-electron chi connectivity index (χ4n) is 3.58. The third kappa shape index (κ3) is 2.54. The van der Waals surface area contributed by atoms with Gasteiger partial charge in [0.15, 0.2) is 0 Å². The van der Waals surface area contributed by atoms with Gasteiger partial charge in [0, 0.05) is 17.8 Å². The van der Waals surface area contributed by atoms with Gasteiger partial charge in [-0.3, -0.25) is 9.69 Å². The molecular formula is C16H17F3N4O. The largest absolute Gasteiger partial charge is 0.449 e. The standard InChI is InChI=1S/C16H17F3N4O/c17-16(18,19)14-21-11-3-2-10(8-12(11)22-14)20-13(24)9-23-7-6-15(23)4-1-5-15/h2-3,8H,1,4-7,9H2,(H,20,24)(H,21,22). The molecule has 8 heteroatoms. The Bertz CT molecular complexity index is 789. The molecule has 1 aliphatic carbocycles. The number of rotatable bonds is 3. The van der Waals surface area contributed by atoms with Crippen molar-refractivity contribution in [3.63, 3.8) is 0 Å². The van der Waals surface area contributed by atoms with E-state index < -0.39 is 12.0 Å². The summed E-state index contributed by atoms with van der Waals surface area (Å²) in [6.07, 6.45) is 0.162. The van der Waals surface area contributed by atoms with Gasteiger partial charge in [0.05, 0.1) is 17.6 Å². The van der Waals surface area contributed by atoms with E-state index in [1.807, 2.05) is 0 Å². The zero-order valence-electron chi connectivity index (χ0n) is 12.9. The van der Waals surface area contributed by atoms with Gasteiger partial charge in [0.25, 0.3) is 0 Å². The smallest absolute Gasteiger partial charge is 0.334 e. The molecule has 0 unspecified atom stereocenters. The monoisotopic (exact) mass is 338 g/mol. The van der Waals surface area contributed by atoms with Gasteiger partial charge < -0.3 is 10.3 Å². The molecule has 1 saturated carbocycles. The summed E-state index contributed by atoms with van der Waals surface area (Å²) in [5, 5.41) is 2.76. The summed E-state index contributed by atoms with van der Waals surface area (Å²) in [5.41, 5.74) is 1.18. The summed E-state index contributed by atoms with van der Waals surface area (Å²) >= 11 is 0. The zero-order chi connectivity index (χ0) is 16.9. The Morgan fingerprint density at radius 3 is 2.71 bits per heavy atom. The Morgan fingerprint density at radius 2 is 2.12 bits per heavy atom. The Balaban J connectivity index is 1.45. The third-order valence-electron chi connectivity index (χ3n) is 5.17. The third-order valence-corrected chi connectivity index (χ3v) is 5.17. The summed E-state index contributed by atoms with van der Waals surface area (Å²) in [6, 6.07) is 4.51. The van der Waals surface area contributed by atoms with E-state index >= 15 is 0 Å². The van der Waals surface area contributed by atoms with Crippen LogP contribution in [0.25, 0.3) is 11.0 Å². The Kier molecular flexibility index (Phi) is 3.35. The second-order valence-corrected chi connectivity index (χ2v) is 6.61. The van der Waals surface area contributed by atoms with E-state index in [0.717, 1.165) is 25.8 Å². The topological polar surface area (TPSA) is 61.0 Å². The number of imidazole rings is 1. The zero-order valence-corrected chi connectivity index (χ0v) is 12.9. The first-order chi connectivity index (χ1) is 11.4. The van der Waals surface area contributed by atoms with Crippen LogP contribution in [0.5, 0.6) is 0 Å². The Morgan fingerprint density at radius 1 is 1.33 bits per heavy atom. The second kappa shape index (κ2) is 5.20. The lowest BCUT2D eigenvalue weighted by molar-refractivity contribution is -0.144. The number of carbonyl (C=O) groups excluding carboxylic acids is 1.